The molecule has 0 aromatic rings. The lowest BCUT2D eigenvalue weighted by Crippen LogP contribution is -2.71. The first kappa shape index (κ1) is 105. The van der Waals surface area contributed by atoms with Gasteiger partial charge in [-0.3, -0.25) is 14.4 Å². The van der Waals surface area contributed by atoms with Crippen LogP contribution in [0.3, 0.4) is 0 Å². The lowest BCUT2D eigenvalue weighted by atomic mass is 9.93. The van der Waals surface area contributed by atoms with Gasteiger partial charge in [0.15, 0.2) is 37.7 Å². The van der Waals surface area contributed by atoms with Crippen molar-refractivity contribution in [2.24, 2.45) is 0 Å². The maximum absolute atomic E-state index is 13.6. The third-order valence-corrected chi connectivity index (χ3v) is 23.7. The number of ether oxygens (including phenoxy) is 12. The highest BCUT2D eigenvalue weighted by Gasteiger charge is 2.59. The number of unbranched alkanes of at least 4 members (excludes halogenated alkanes) is 33. The standard InChI is InChI=1S/C84H153N3O32/c1-6-8-10-12-14-16-18-20-21-22-23-24-25-26-27-28-29-31-33-35-37-39-41-43-60(96)87-53(54(95)42-40-38-36-34-32-30-19-17-15-13-11-9-7-2)49-108-81-71(105)68(102)75(58(47-91)113-81)116-83-72(106)69(103)74(59(48-92)114-83)115-79-61(85-51(4)93)77(65(99)55(44-88)110-79)118-84-73(107)78(66(100)57(46-90)112-84)119-80-62(86-52(5)94)76(64(98)56(45-89)111-80)117-82-70(104)67(101)63(97)50(3)109-82/h40,42,50,53-59,61-84,88-92,95,97-107H,6-39,41,43-49H2,1-5H3,(H,85,93)(H,86,94)(H,87,96)/b42-40+/t50?,53-,54+,55?,56?,57?,58?,59?,61?,62?,63+,64+,65-,66-,67?,68+,69+,70-,71?,72?,73?,74-,75+,76+,77+,78-,79-,80-,81+,82+,83-,84-/m0/s1. The van der Waals surface area contributed by atoms with Gasteiger partial charge >= 0.3 is 0 Å². The lowest BCUT2D eigenvalue weighted by molar-refractivity contribution is -0.385. The summed E-state index contributed by atoms with van der Waals surface area (Å²) >= 11 is 0. The largest absolute Gasteiger partial charge is 0.394 e. The van der Waals surface area contributed by atoms with Gasteiger partial charge in [0, 0.05) is 20.3 Å². The second-order valence-electron chi connectivity index (χ2n) is 33.5. The Labute approximate surface area is 702 Å². The van der Waals surface area contributed by atoms with Crippen molar-refractivity contribution in [2.75, 3.05) is 39.6 Å². The molecule has 0 bridgehead atoms. The monoisotopic (exact) mass is 1720 g/mol. The van der Waals surface area contributed by atoms with Crippen LogP contribution in [0.15, 0.2) is 12.2 Å². The highest BCUT2D eigenvalue weighted by atomic mass is 16.8. The molecule has 12 unspecified atom stereocenters. The van der Waals surface area contributed by atoms with Gasteiger partial charge in [-0.25, -0.2) is 0 Å². The Bertz CT molecular complexity index is 2720. The molecule has 6 saturated heterocycles. The Kier molecular flexibility index (Phi) is 50.8. The van der Waals surface area contributed by atoms with Gasteiger partial charge in [-0.05, 0) is 26.2 Å². The number of carbonyl (C=O) groups excluding carboxylic acids is 3. The average molecular weight is 1720 g/mol. The van der Waals surface area contributed by atoms with E-state index in [1.165, 1.54) is 167 Å². The maximum Gasteiger partial charge on any atom is 0.220 e. The van der Waals surface area contributed by atoms with Crippen molar-refractivity contribution in [1.29, 1.82) is 0 Å². The van der Waals surface area contributed by atoms with E-state index in [2.05, 4.69) is 29.8 Å². The summed E-state index contributed by atoms with van der Waals surface area (Å²) in [6, 6.07) is -4.57. The number of carbonyl (C=O) groups is 3. The van der Waals surface area contributed by atoms with Crippen LogP contribution in [0.25, 0.3) is 0 Å². The van der Waals surface area contributed by atoms with Gasteiger partial charge < -0.3 is 160 Å². The molecule has 119 heavy (non-hydrogen) atoms. The number of hydrogen-bond acceptors (Lipinski definition) is 32. The SMILES string of the molecule is CCCCCCCCCCCCC/C=C/[C@@H](O)[C@H](CO[C@@H]1OC(CO)[C@@H](O[C@@H]2OC(CO)[C@H](O[C@@H]3OC(CO)[C@H](O)[C@H](O[C@@H]4OC(CO)[C@H](O)[C@H](O[C@@H]5OC(CO)[C@@H](O)[C@H](O[C@H]6OC(C)[C@@H](O)C(O)[C@@H]6O)C5NC(C)=O)C4O)C3NC(C)=O)[C@H](O)C2O)[C@H](O)C1O)NC(=O)CCCCCCCCCCCCCCCCCCCCCCCCC. The topological polar surface area (TPSA) is 542 Å². The molecule has 6 rings (SSSR count). The van der Waals surface area contributed by atoms with E-state index < -0.39 is 248 Å². The zero-order chi connectivity index (χ0) is 86.9. The predicted octanol–water partition coefficient (Wildman–Crippen LogP) is 1.72. The molecule has 6 aliphatic rings. The van der Waals surface area contributed by atoms with Crippen molar-refractivity contribution in [3.05, 3.63) is 12.2 Å². The summed E-state index contributed by atoms with van der Waals surface area (Å²) in [5.74, 6) is -2.01. The van der Waals surface area contributed by atoms with E-state index in [1.54, 1.807) is 6.08 Å². The molecule has 0 aliphatic carbocycles. The minimum absolute atomic E-state index is 0.184. The Morgan fingerprint density at radius 1 is 0.345 bits per heavy atom. The highest BCUT2D eigenvalue weighted by Crippen LogP contribution is 2.38. The van der Waals surface area contributed by atoms with E-state index in [0.717, 1.165) is 65.2 Å². The van der Waals surface area contributed by atoms with Crippen LogP contribution >= 0.6 is 0 Å². The molecule has 0 spiro atoms. The molecule has 32 atom stereocenters. The van der Waals surface area contributed by atoms with E-state index in [-0.39, 0.29) is 12.3 Å². The zero-order valence-corrected chi connectivity index (χ0v) is 71.1. The number of aliphatic hydroxyl groups is 17. The van der Waals surface area contributed by atoms with E-state index in [9.17, 15) is 101 Å². The van der Waals surface area contributed by atoms with E-state index in [4.69, 9.17) is 56.8 Å². The molecule has 696 valence electrons. The second-order valence-corrected chi connectivity index (χ2v) is 33.5. The summed E-state index contributed by atoms with van der Waals surface area (Å²) in [6.07, 6.45) is -8.00. The van der Waals surface area contributed by atoms with Gasteiger partial charge in [0.1, 0.15) is 140 Å². The fourth-order valence-corrected chi connectivity index (χ4v) is 16.5. The van der Waals surface area contributed by atoms with Crippen LogP contribution in [-0.4, -0.2) is 340 Å². The molecule has 0 radical (unpaired) electrons. The van der Waals surface area contributed by atoms with Crippen LogP contribution in [-0.2, 0) is 71.2 Å². The zero-order valence-electron chi connectivity index (χ0n) is 71.1. The van der Waals surface area contributed by atoms with Gasteiger partial charge in [-0.1, -0.05) is 231 Å². The van der Waals surface area contributed by atoms with Crippen molar-refractivity contribution in [2.45, 2.75) is 462 Å². The molecule has 35 heteroatoms. The summed E-state index contributed by atoms with van der Waals surface area (Å²) in [7, 11) is 0. The van der Waals surface area contributed by atoms with Gasteiger partial charge in [0.2, 0.25) is 17.7 Å². The number of nitrogens with one attached hydrogen (secondary N) is 3. The molecule has 0 saturated carbocycles. The highest BCUT2D eigenvalue weighted by molar-refractivity contribution is 5.76. The average Bonchev–Trinajstić information content (AvgIpc) is 0.767. The maximum atomic E-state index is 13.6. The molecular formula is C84H153N3O32. The fourth-order valence-electron chi connectivity index (χ4n) is 16.5. The quantitative estimate of drug-likeness (QED) is 0.0304. The molecule has 35 nitrogen and oxygen atoms in total. The number of aliphatic hydroxyl groups excluding tert-OH is 17. The van der Waals surface area contributed by atoms with Crippen LogP contribution in [0.5, 0.6) is 0 Å². The van der Waals surface area contributed by atoms with Crippen molar-refractivity contribution >= 4 is 17.7 Å². The van der Waals surface area contributed by atoms with Crippen LogP contribution in [0.4, 0.5) is 0 Å². The molecule has 3 amide bonds. The Morgan fingerprint density at radius 3 is 1.06 bits per heavy atom. The van der Waals surface area contributed by atoms with Gasteiger partial charge in [-0.2, -0.15) is 0 Å². The summed E-state index contributed by atoms with van der Waals surface area (Å²) in [4.78, 5) is 39.5. The molecule has 6 aliphatic heterocycles. The van der Waals surface area contributed by atoms with Crippen molar-refractivity contribution in [1.82, 2.24) is 16.0 Å². The lowest BCUT2D eigenvalue weighted by Gasteiger charge is -2.51. The third kappa shape index (κ3) is 33.9. The van der Waals surface area contributed by atoms with Crippen LogP contribution in [0.2, 0.25) is 0 Å². The van der Waals surface area contributed by atoms with Crippen molar-refractivity contribution in [3.8, 4) is 0 Å². The number of rotatable bonds is 59. The minimum atomic E-state index is -2.26. The normalized spacial score (nSPS) is 35.7. The molecular weight excluding hydrogens is 1560 g/mol. The van der Waals surface area contributed by atoms with Crippen LogP contribution < -0.4 is 16.0 Å². The summed E-state index contributed by atoms with van der Waals surface area (Å²) < 4.78 is 71.5. The smallest absolute Gasteiger partial charge is 0.220 e. The molecule has 0 aromatic heterocycles. The summed E-state index contributed by atoms with van der Waals surface area (Å²) in [5, 5.41) is 198. The first-order valence-electron chi connectivity index (χ1n) is 44.8. The number of hydrogen-bond donors (Lipinski definition) is 20. The second kappa shape index (κ2) is 57.6. The van der Waals surface area contributed by atoms with Crippen LogP contribution in [0, 0.1) is 0 Å². The molecule has 6 heterocycles. The first-order chi connectivity index (χ1) is 57.3. The van der Waals surface area contributed by atoms with Crippen molar-refractivity contribution in [3.63, 3.8) is 0 Å². The molecule has 0 aromatic carbocycles. The van der Waals surface area contributed by atoms with Crippen molar-refractivity contribution < 1.29 is 158 Å². The van der Waals surface area contributed by atoms with Gasteiger partial charge in [0.25, 0.3) is 0 Å². The first-order valence-corrected chi connectivity index (χ1v) is 44.8. The molecule has 20 N–H and O–H groups in total. The van der Waals surface area contributed by atoms with E-state index in [0.29, 0.717) is 12.8 Å². The Hall–Kier alpha value is -3.01. The van der Waals surface area contributed by atoms with Gasteiger partial charge in [0.05, 0.1) is 57.9 Å². The third-order valence-electron chi connectivity index (χ3n) is 23.7. The Balaban J connectivity index is 1.05. The number of amides is 3. The van der Waals surface area contributed by atoms with Gasteiger partial charge in [-0.15, -0.1) is 0 Å². The van der Waals surface area contributed by atoms with Crippen LogP contribution in [0.1, 0.15) is 266 Å². The summed E-state index contributed by atoms with van der Waals surface area (Å²) in [6.45, 7) is 2.44. The Morgan fingerprint density at radius 2 is 0.655 bits per heavy atom. The predicted molar refractivity (Wildman–Crippen MR) is 429 cm³/mol. The molecule has 6 fully saturated rings. The van der Waals surface area contributed by atoms with E-state index in [1.807, 2.05) is 6.08 Å². The summed E-state index contributed by atoms with van der Waals surface area (Å²) in [5.41, 5.74) is 0. The minimum Gasteiger partial charge on any atom is -0.394 e. The van der Waals surface area contributed by atoms with E-state index >= 15 is 0 Å². The fraction of sp³-hybridized carbons (Fsp3) is 0.940. The number of allylic oxidation sites excluding steroid dienone is 1.